The summed E-state index contributed by atoms with van der Waals surface area (Å²) in [7, 11) is 0. The first kappa shape index (κ1) is 18.0. The fourth-order valence-corrected chi connectivity index (χ4v) is 2.38. The van der Waals surface area contributed by atoms with E-state index in [0.717, 1.165) is 31.9 Å². The Balaban J connectivity index is 2.36. The van der Waals surface area contributed by atoms with Crippen LogP contribution in [-0.4, -0.2) is 19.7 Å². The first-order valence-corrected chi connectivity index (χ1v) is 8.40. The molecule has 0 atom stereocenters. The van der Waals surface area contributed by atoms with Gasteiger partial charge in [-0.2, -0.15) is 0 Å². The highest BCUT2D eigenvalue weighted by Gasteiger charge is 2.18. The lowest BCUT2D eigenvalue weighted by atomic mass is 9.86. The number of aryl methyl sites for hydroxylation is 1. The van der Waals surface area contributed by atoms with Crippen molar-refractivity contribution in [1.82, 2.24) is 5.32 Å². The highest BCUT2D eigenvalue weighted by atomic mass is 16.5. The van der Waals surface area contributed by atoms with Gasteiger partial charge in [0, 0.05) is 0 Å². The minimum Gasteiger partial charge on any atom is -0.493 e. The van der Waals surface area contributed by atoms with Gasteiger partial charge in [-0.05, 0) is 68.3 Å². The summed E-state index contributed by atoms with van der Waals surface area (Å²) in [5.74, 6) is 1.06. The van der Waals surface area contributed by atoms with Crippen LogP contribution >= 0.6 is 0 Å². The molecule has 1 aromatic carbocycles. The van der Waals surface area contributed by atoms with Gasteiger partial charge in [-0.25, -0.2) is 0 Å². The predicted molar refractivity (Wildman–Crippen MR) is 92.4 cm³/mol. The molecule has 0 saturated heterocycles. The Kier molecular flexibility index (Phi) is 7.81. The maximum Gasteiger partial charge on any atom is 0.123 e. The standard InChI is InChI=1S/C19H33NO/c1-6-12-20-13-8-7-9-14-21-18-15-16(2)10-11-17(18)19(3,4)5/h10-11,15,20H,6-9,12-14H2,1-5H3. The fraction of sp³-hybridized carbons (Fsp3) is 0.684. The lowest BCUT2D eigenvalue weighted by molar-refractivity contribution is 0.297. The molecule has 0 radical (unpaired) electrons. The Bertz CT molecular complexity index is 407. The van der Waals surface area contributed by atoms with Gasteiger partial charge in [0.15, 0.2) is 0 Å². The van der Waals surface area contributed by atoms with Crippen LogP contribution in [0.4, 0.5) is 0 Å². The maximum atomic E-state index is 6.05. The Morgan fingerprint density at radius 2 is 1.81 bits per heavy atom. The van der Waals surface area contributed by atoms with Gasteiger partial charge in [-0.15, -0.1) is 0 Å². The fourth-order valence-electron chi connectivity index (χ4n) is 2.38. The summed E-state index contributed by atoms with van der Waals surface area (Å²) in [5.41, 5.74) is 2.70. The topological polar surface area (TPSA) is 21.3 Å². The summed E-state index contributed by atoms with van der Waals surface area (Å²) in [6.45, 7) is 14.1. The molecule has 0 bridgehead atoms. The second kappa shape index (κ2) is 9.09. The van der Waals surface area contributed by atoms with Crippen LogP contribution in [0.1, 0.15) is 64.5 Å². The molecule has 2 heteroatoms. The van der Waals surface area contributed by atoms with Crippen molar-refractivity contribution in [2.24, 2.45) is 0 Å². The minimum atomic E-state index is 0.132. The summed E-state index contributed by atoms with van der Waals surface area (Å²) in [6, 6.07) is 6.55. The molecular weight excluding hydrogens is 258 g/mol. The summed E-state index contributed by atoms with van der Waals surface area (Å²) in [6.07, 6.45) is 4.81. The summed E-state index contributed by atoms with van der Waals surface area (Å²) in [5, 5.41) is 3.44. The number of hydrogen-bond donors (Lipinski definition) is 1. The molecule has 0 amide bonds. The van der Waals surface area contributed by atoms with Crippen LogP contribution in [0.25, 0.3) is 0 Å². The highest BCUT2D eigenvalue weighted by molar-refractivity contribution is 5.41. The predicted octanol–water partition coefficient (Wildman–Crippen LogP) is 4.84. The lowest BCUT2D eigenvalue weighted by Gasteiger charge is -2.23. The van der Waals surface area contributed by atoms with Crippen molar-refractivity contribution in [3.05, 3.63) is 29.3 Å². The quantitative estimate of drug-likeness (QED) is 0.657. The van der Waals surface area contributed by atoms with Crippen LogP contribution in [0.3, 0.4) is 0 Å². The van der Waals surface area contributed by atoms with Gasteiger partial charge < -0.3 is 10.1 Å². The van der Waals surface area contributed by atoms with Crippen molar-refractivity contribution in [3.63, 3.8) is 0 Å². The van der Waals surface area contributed by atoms with Crippen molar-refractivity contribution >= 4 is 0 Å². The van der Waals surface area contributed by atoms with E-state index in [1.807, 2.05) is 0 Å². The summed E-state index contributed by atoms with van der Waals surface area (Å²) >= 11 is 0. The molecule has 120 valence electrons. The third-order valence-corrected chi connectivity index (χ3v) is 3.63. The number of hydrogen-bond acceptors (Lipinski definition) is 2. The molecule has 0 aliphatic heterocycles. The van der Waals surface area contributed by atoms with Crippen LogP contribution in [0.2, 0.25) is 0 Å². The summed E-state index contributed by atoms with van der Waals surface area (Å²) < 4.78 is 6.05. The SMILES string of the molecule is CCCNCCCCCOc1cc(C)ccc1C(C)(C)C. The zero-order valence-electron chi connectivity index (χ0n) is 14.6. The van der Waals surface area contributed by atoms with Crippen molar-refractivity contribution in [3.8, 4) is 5.75 Å². The van der Waals surface area contributed by atoms with E-state index in [4.69, 9.17) is 4.74 Å². The van der Waals surface area contributed by atoms with Crippen molar-refractivity contribution < 1.29 is 4.74 Å². The second-order valence-corrected chi connectivity index (χ2v) is 6.91. The first-order valence-electron chi connectivity index (χ1n) is 8.40. The highest BCUT2D eigenvalue weighted by Crippen LogP contribution is 2.32. The third kappa shape index (κ3) is 6.99. The molecule has 1 rings (SSSR count). The smallest absolute Gasteiger partial charge is 0.123 e. The van der Waals surface area contributed by atoms with Crippen molar-refractivity contribution in [2.75, 3.05) is 19.7 Å². The van der Waals surface area contributed by atoms with Crippen LogP contribution in [0.15, 0.2) is 18.2 Å². The number of unbranched alkanes of at least 4 members (excludes halogenated alkanes) is 2. The Labute approximate surface area is 131 Å². The van der Waals surface area contributed by atoms with Crippen LogP contribution in [0, 0.1) is 6.92 Å². The van der Waals surface area contributed by atoms with Gasteiger partial charge in [0.2, 0.25) is 0 Å². The minimum absolute atomic E-state index is 0.132. The molecule has 0 aromatic heterocycles. The summed E-state index contributed by atoms with van der Waals surface area (Å²) in [4.78, 5) is 0. The van der Waals surface area contributed by atoms with E-state index in [-0.39, 0.29) is 5.41 Å². The Hall–Kier alpha value is -1.02. The third-order valence-electron chi connectivity index (χ3n) is 3.63. The van der Waals surface area contributed by atoms with E-state index in [0.29, 0.717) is 0 Å². The van der Waals surface area contributed by atoms with Gasteiger partial charge in [0.05, 0.1) is 6.61 Å². The Morgan fingerprint density at radius 1 is 1.05 bits per heavy atom. The number of benzene rings is 1. The molecule has 0 heterocycles. The molecule has 0 aliphatic carbocycles. The average molecular weight is 291 g/mol. The first-order chi connectivity index (χ1) is 9.95. The molecule has 0 unspecified atom stereocenters. The average Bonchev–Trinajstić information content (AvgIpc) is 2.40. The molecule has 0 aliphatic rings. The van der Waals surface area contributed by atoms with Crippen molar-refractivity contribution in [1.29, 1.82) is 0 Å². The van der Waals surface area contributed by atoms with Crippen LogP contribution in [0.5, 0.6) is 5.75 Å². The normalized spacial score (nSPS) is 11.7. The molecule has 0 fully saturated rings. The molecule has 0 spiro atoms. The van der Waals surface area contributed by atoms with Gasteiger partial charge in [0.1, 0.15) is 5.75 Å². The second-order valence-electron chi connectivity index (χ2n) is 6.91. The van der Waals surface area contributed by atoms with Crippen molar-refractivity contribution in [2.45, 2.75) is 65.7 Å². The lowest BCUT2D eigenvalue weighted by Crippen LogP contribution is -2.16. The number of rotatable bonds is 9. The maximum absolute atomic E-state index is 6.05. The zero-order chi connectivity index (χ0) is 15.7. The molecule has 0 saturated carbocycles. The van der Waals surface area contributed by atoms with E-state index in [9.17, 15) is 0 Å². The van der Waals surface area contributed by atoms with E-state index >= 15 is 0 Å². The molecule has 2 nitrogen and oxygen atoms in total. The number of ether oxygens (including phenoxy) is 1. The monoisotopic (exact) mass is 291 g/mol. The van der Waals surface area contributed by atoms with Gasteiger partial charge in [-0.1, -0.05) is 39.8 Å². The largest absolute Gasteiger partial charge is 0.493 e. The van der Waals surface area contributed by atoms with Gasteiger partial charge in [0.25, 0.3) is 0 Å². The molecule has 21 heavy (non-hydrogen) atoms. The molecule has 1 N–H and O–H groups in total. The van der Waals surface area contributed by atoms with E-state index in [1.54, 1.807) is 0 Å². The molecule has 1 aromatic rings. The number of nitrogens with one attached hydrogen (secondary N) is 1. The van der Waals surface area contributed by atoms with Crippen LogP contribution < -0.4 is 10.1 Å². The zero-order valence-corrected chi connectivity index (χ0v) is 14.6. The Morgan fingerprint density at radius 3 is 2.48 bits per heavy atom. The van der Waals surface area contributed by atoms with Gasteiger partial charge >= 0.3 is 0 Å². The van der Waals surface area contributed by atoms with E-state index < -0.39 is 0 Å². The molecular formula is C19H33NO. The van der Waals surface area contributed by atoms with E-state index in [2.05, 4.69) is 58.1 Å². The van der Waals surface area contributed by atoms with Crippen LogP contribution in [-0.2, 0) is 5.41 Å². The van der Waals surface area contributed by atoms with Gasteiger partial charge in [-0.3, -0.25) is 0 Å². The van der Waals surface area contributed by atoms with E-state index in [1.165, 1.54) is 30.4 Å².